The minimum atomic E-state index is -0.532. The Bertz CT molecular complexity index is 731. The van der Waals surface area contributed by atoms with Gasteiger partial charge in [-0.05, 0) is 135 Å². The van der Waals surface area contributed by atoms with E-state index in [0.29, 0.717) is 33.0 Å². The Labute approximate surface area is 193 Å². The highest BCUT2D eigenvalue weighted by Gasteiger charge is 2.70. The van der Waals surface area contributed by atoms with E-state index in [-0.39, 0.29) is 0 Å². The summed E-state index contributed by atoms with van der Waals surface area (Å²) >= 11 is 0. The van der Waals surface area contributed by atoms with Crippen LogP contribution in [0.3, 0.4) is 0 Å². The topological polar surface area (TPSA) is 20.2 Å². The molecule has 1 N–H and O–H groups in total. The fourth-order valence-electron chi connectivity index (χ4n) is 11.8. The fourth-order valence-corrected chi connectivity index (χ4v) is 11.8. The maximum atomic E-state index is 11.2. The Hall–Kier alpha value is -0.0400. The summed E-state index contributed by atoms with van der Waals surface area (Å²) in [6, 6.07) is 0. The van der Waals surface area contributed by atoms with E-state index >= 15 is 0 Å². The molecule has 5 aliphatic rings. The third kappa shape index (κ3) is 2.83. The minimum Gasteiger partial charge on any atom is -0.390 e. The highest BCUT2D eigenvalue weighted by atomic mass is 16.3. The molecule has 1 heteroatoms. The van der Waals surface area contributed by atoms with Crippen molar-refractivity contribution in [2.24, 2.45) is 56.7 Å². The van der Waals surface area contributed by atoms with Gasteiger partial charge in [0.1, 0.15) is 0 Å². The molecule has 0 aliphatic heterocycles. The van der Waals surface area contributed by atoms with Crippen LogP contribution in [0.25, 0.3) is 0 Å². The molecule has 5 aliphatic carbocycles. The van der Waals surface area contributed by atoms with Crippen LogP contribution < -0.4 is 0 Å². The van der Waals surface area contributed by atoms with Gasteiger partial charge in [-0.25, -0.2) is 0 Å². The molecule has 9 atom stereocenters. The molecule has 5 rings (SSSR count). The Balaban J connectivity index is 1.55. The second-order valence-corrected chi connectivity index (χ2v) is 15.5. The van der Waals surface area contributed by atoms with Crippen molar-refractivity contribution in [1.82, 2.24) is 0 Å². The van der Waals surface area contributed by atoms with Gasteiger partial charge in [-0.2, -0.15) is 0 Å². The third-order valence-corrected chi connectivity index (χ3v) is 13.5. The van der Waals surface area contributed by atoms with Crippen LogP contribution in [0.15, 0.2) is 0 Å². The van der Waals surface area contributed by atoms with Crippen molar-refractivity contribution in [3.05, 3.63) is 0 Å². The normalized spacial score (nSPS) is 56.2. The van der Waals surface area contributed by atoms with E-state index < -0.39 is 5.60 Å². The predicted octanol–water partition coefficient (Wildman–Crippen LogP) is 8.25. The van der Waals surface area contributed by atoms with E-state index in [2.05, 4.69) is 55.4 Å². The van der Waals surface area contributed by atoms with Gasteiger partial charge in [-0.15, -0.1) is 0 Å². The Kier molecular flexibility index (Phi) is 4.80. The van der Waals surface area contributed by atoms with Crippen molar-refractivity contribution in [3.8, 4) is 0 Å². The van der Waals surface area contributed by atoms with Crippen molar-refractivity contribution < 1.29 is 5.11 Å². The largest absolute Gasteiger partial charge is 0.390 e. The van der Waals surface area contributed by atoms with E-state index in [9.17, 15) is 5.11 Å². The molecular formula is C30H52O. The van der Waals surface area contributed by atoms with Crippen molar-refractivity contribution in [2.45, 2.75) is 132 Å². The Morgan fingerprint density at radius 3 is 2.06 bits per heavy atom. The molecule has 0 spiro atoms. The first kappa shape index (κ1) is 22.7. The second kappa shape index (κ2) is 6.55. The molecule has 0 amide bonds. The minimum absolute atomic E-state index is 0.448. The average molecular weight is 429 g/mol. The van der Waals surface area contributed by atoms with Crippen LogP contribution in [0.5, 0.6) is 0 Å². The summed E-state index contributed by atoms with van der Waals surface area (Å²) in [5.41, 5.74) is 1.91. The van der Waals surface area contributed by atoms with E-state index in [0.717, 1.165) is 23.7 Å². The van der Waals surface area contributed by atoms with Gasteiger partial charge in [0.05, 0.1) is 5.60 Å². The molecule has 0 saturated heterocycles. The van der Waals surface area contributed by atoms with E-state index in [1.165, 1.54) is 70.6 Å². The van der Waals surface area contributed by atoms with E-state index in [1.54, 1.807) is 0 Å². The molecule has 0 bridgehead atoms. The maximum absolute atomic E-state index is 11.2. The lowest BCUT2D eigenvalue weighted by molar-refractivity contribution is -0.240. The number of fused-ring (bicyclic) bond motifs is 7. The fraction of sp³-hybridized carbons (Fsp3) is 1.00. The van der Waals surface area contributed by atoms with Gasteiger partial charge < -0.3 is 5.11 Å². The van der Waals surface area contributed by atoms with Gasteiger partial charge in [0.25, 0.3) is 0 Å². The summed E-state index contributed by atoms with van der Waals surface area (Å²) in [5.74, 6) is 3.82. The van der Waals surface area contributed by atoms with Gasteiger partial charge in [-0.1, -0.05) is 48.0 Å². The summed E-state index contributed by atoms with van der Waals surface area (Å²) in [6.45, 7) is 20.2. The quantitative estimate of drug-likeness (QED) is 0.445. The van der Waals surface area contributed by atoms with Gasteiger partial charge in [0.2, 0.25) is 0 Å². The first-order chi connectivity index (χ1) is 14.2. The van der Waals surface area contributed by atoms with Crippen molar-refractivity contribution in [3.63, 3.8) is 0 Å². The van der Waals surface area contributed by atoms with Crippen LogP contribution in [-0.2, 0) is 0 Å². The predicted molar refractivity (Wildman–Crippen MR) is 131 cm³/mol. The molecule has 5 saturated carbocycles. The zero-order valence-electron chi connectivity index (χ0n) is 22.1. The van der Waals surface area contributed by atoms with Crippen LogP contribution in [0, 0.1) is 56.7 Å². The highest BCUT2D eigenvalue weighted by Crippen LogP contribution is 2.77. The van der Waals surface area contributed by atoms with Crippen molar-refractivity contribution >= 4 is 0 Å². The van der Waals surface area contributed by atoms with Crippen molar-refractivity contribution in [2.75, 3.05) is 0 Å². The lowest BCUT2D eigenvalue weighted by Crippen LogP contribution is -2.65. The molecule has 0 heterocycles. The summed E-state index contributed by atoms with van der Waals surface area (Å²) in [6.07, 6.45) is 15.5. The summed E-state index contributed by atoms with van der Waals surface area (Å²) in [7, 11) is 0. The van der Waals surface area contributed by atoms with Crippen molar-refractivity contribution in [1.29, 1.82) is 0 Å². The Morgan fingerprint density at radius 1 is 0.677 bits per heavy atom. The first-order valence-electron chi connectivity index (χ1n) is 13.9. The summed E-state index contributed by atoms with van der Waals surface area (Å²) in [5, 5.41) is 11.2. The molecule has 1 nitrogen and oxygen atoms in total. The zero-order chi connectivity index (χ0) is 22.7. The smallest absolute Gasteiger partial charge is 0.0622 e. The molecule has 0 aromatic heterocycles. The van der Waals surface area contributed by atoms with Gasteiger partial charge in [0, 0.05) is 0 Å². The molecule has 31 heavy (non-hydrogen) atoms. The molecule has 0 radical (unpaired) electrons. The lowest BCUT2D eigenvalue weighted by atomic mass is 9.32. The van der Waals surface area contributed by atoms with Crippen LogP contribution in [0.1, 0.15) is 126 Å². The monoisotopic (exact) mass is 428 g/mol. The maximum Gasteiger partial charge on any atom is 0.0622 e. The summed E-state index contributed by atoms with van der Waals surface area (Å²) in [4.78, 5) is 0. The van der Waals surface area contributed by atoms with Crippen LogP contribution in [0.4, 0.5) is 0 Å². The zero-order valence-corrected chi connectivity index (χ0v) is 22.1. The number of hydrogen-bond acceptors (Lipinski definition) is 1. The number of aliphatic hydroxyl groups is 1. The van der Waals surface area contributed by atoms with Gasteiger partial charge in [-0.3, -0.25) is 0 Å². The molecule has 0 unspecified atom stereocenters. The third-order valence-electron chi connectivity index (χ3n) is 13.5. The summed E-state index contributed by atoms with van der Waals surface area (Å²) < 4.78 is 0. The van der Waals surface area contributed by atoms with E-state index in [1.807, 2.05) is 0 Å². The van der Waals surface area contributed by atoms with Gasteiger partial charge >= 0.3 is 0 Å². The first-order valence-corrected chi connectivity index (χ1v) is 13.9. The number of rotatable bonds is 1. The molecule has 0 aromatic rings. The Morgan fingerprint density at radius 2 is 1.39 bits per heavy atom. The SMILES string of the molecule is CC(C)(O)[C@@H]1CC[C@]2(C)CC[C@]3(C)[C@H](CC[C@@H]4[C@@]5(C)CCCC(C)(C)[C@@H]5CC[C@]43C)[C@@H]12. The molecular weight excluding hydrogens is 376 g/mol. The van der Waals surface area contributed by atoms with E-state index in [4.69, 9.17) is 0 Å². The van der Waals surface area contributed by atoms with Crippen LogP contribution in [0.2, 0.25) is 0 Å². The van der Waals surface area contributed by atoms with Crippen LogP contribution in [-0.4, -0.2) is 10.7 Å². The average Bonchev–Trinajstić information content (AvgIpc) is 3.00. The molecule has 5 fully saturated rings. The van der Waals surface area contributed by atoms with Crippen LogP contribution >= 0.6 is 0 Å². The molecule has 178 valence electrons. The molecule has 0 aromatic carbocycles. The second-order valence-electron chi connectivity index (χ2n) is 15.5. The number of hydrogen-bond donors (Lipinski definition) is 1. The lowest BCUT2D eigenvalue weighted by Gasteiger charge is -2.72. The standard InChI is InChI=1S/C30H52O/c1-25(2)14-9-15-28(6)22(25)13-17-30(8)23(28)11-10-21-24-20(26(3,4)31)12-16-27(24,5)18-19-29(21,30)7/h20-24,31H,9-19H2,1-8H3/t20-,21-,22+,23-,24-,27-,28+,29-,30-/m1/s1. The van der Waals surface area contributed by atoms with Gasteiger partial charge in [0.15, 0.2) is 0 Å². The highest BCUT2D eigenvalue weighted by molar-refractivity contribution is 5.19.